The Balaban J connectivity index is 2.42. The van der Waals surface area contributed by atoms with Crippen molar-refractivity contribution in [2.24, 2.45) is 0 Å². The molecular weight excluding hydrogens is 304 g/mol. The highest BCUT2D eigenvalue weighted by Crippen LogP contribution is 2.20. The fraction of sp³-hybridized carbons (Fsp3) is 0.462. The highest BCUT2D eigenvalue weighted by Gasteiger charge is 2.22. The normalized spacial score (nSPS) is 11.9. The van der Waals surface area contributed by atoms with Crippen LogP contribution < -0.4 is 4.90 Å². The van der Waals surface area contributed by atoms with E-state index in [2.05, 4.69) is 15.5 Å². The summed E-state index contributed by atoms with van der Waals surface area (Å²) in [7, 11) is 1.39. The van der Waals surface area contributed by atoms with Crippen LogP contribution >= 0.6 is 0 Å². The Bertz CT molecular complexity index is 740. The summed E-state index contributed by atoms with van der Waals surface area (Å²) in [5.41, 5.74) is 0.647. The first-order valence-electron chi connectivity index (χ1n) is 6.85. The van der Waals surface area contributed by atoms with Crippen LogP contribution in [0.3, 0.4) is 0 Å². The molecule has 1 aromatic carbocycles. The zero-order valence-corrected chi connectivity index (χ0v) is 13.9. The van der Waals surface area contributed by atoms with Crippen LogP contribution in [0.2, 0.25) is 0 Å². The Labute approximate surface area is 130 Å². The van der Waals surface area contributed by atoms with Gasteiger partial charge in [0.25, 0.3) is 0 Å². The lowest BCUT2D eigenvalue weighted by Gasteiger charge is -2.17. The fourth-order valence-corrected chi connectivity index (χ4v) is 3.07. The van der Waals surface area contributed by atoms with Gasteiger partial charge in [0, 0.05) is 27.7 Å². The minimum Gasteiger partial charge on any atom is -0.343 e. The van der Waals surface area contributed by atoms with E-state index in [1.54, 1.807) is 28.9 Å². The van der Waals surface area contributed by atoms with E-state index in [4.69, 9.17) is 0 Å². The van der Waals surface area contributed by atoms with Crippen LogP contribution in [-0.4, -0.2) is 60.6 Å². The molecule has 0 fully saturated rings. The Morgan fingerprint density at radius 3 is 2.50 bits per heavy atom. The Morgan fingerprint density at radius 1 is 1.18 bits per heavy atom. The van der Waals surface area contributed by atoms with Crippen molar-refractivity contribution in [3.63, 3.8) is 0 Å². The van der Waals surface area contributed by atoms with Gasteiger partial charge in [-0.25, -0.2) is 17.4 Å². The smallest absolute Gasteiger partial charge is 0.245 e. The lowest BCUT2D eigenvalue weighted by Crippen LogP contribution is -2.25. The topological polar surface area (TPSA) is 84.2 Å². The van der Waals surface area contributed by atoms with E-state index in [0.29, 0.717) is 11.5 Å². The maximum atomic E-state index is 12.4. The zero-order chi connectivity index (χ0) is 16.3. The van der Waals surface area contributed by atoms with Crippen molar-refractivity contribution in [2.75, 3.05) is 32.6 Å². The van der Waals surface area contributed by atoms with Gasteiger partial charge in [0.2, 0.25) is 16.0 Å². The molecule has 0 spiro atoms. The first-order chi connectivity index (χ1) is 10.4. The lowest BCUT2D eigenvalue weighted by molar-refractivity contribution is 0.518. The SMILES string of the molecule is CCN(C)c1nnnn1Cc1ccccc1S(=O)(=O)N(C)C. The van der Waals surface area contributed by atoms with Gasteiger partial charge in [-0.05, 0) is 29.0 Å². The first-order valence-corrected chi connectivity index (χ1v) is 8.29. The largest absolute Gasteiger partial charge is 0.343 e. The molecule has 120 valence electrons. The van der Waals surface area contributed by atoms with Crippen LogP contribution in [-0.2, 0) is 16.6 Å². The summed E-state index contributed by atoms with van der Waals surface area (Å²) >= 11 is 0. The van der Waals surface area contributed by atoms with Crippen LogP contribution in [0.4, 0.5) is 5.95 Å². The average molecular weight is 324 g/mol. The van der Waals surface area contributed by atoms with Crippen LogP contribution in [0.5, 0.6) is 0 Å². The van der Waals surface area contributed by atoms with Gasteiger partial charge in [-0.1, -0.05) is 23.3 Å². The Morgan fingerprint density at radius 2 is 1.86 bits per heavy atom. The molecule has 0 aliphatic heterocycles. The molecule has 2 rings (SSSR count). The van der Waals surface area contributed by atoms with Gasteiger partial charge in [-0.15, -0.1) is 0 Å². The second-order valence-electron chi connectivity index (χ2n) is 5.05. The molecule has 22 heavy (non-hydrogen) atoms. The van der Waals surface area contributed by atoms with Crippen molar-refractivity contribution >= 4 is 16.0 Å². The van der Waals surface area contributed by atoms with Gasteiger partial charge < -0.3 is 4.90 Å². The minimum atomic E-state index is -3.51. The number of anilines is 1. The number of rotatable bonds is 6. The summed E-state index contributed by atoms with van der Waals surface area (Å²) in [5.74, 6) is 0.597. The van der Waals surface area contributed by atoms with Gasteiger partial charge in [-0.3, -0.25) is 0 Å². The second-order valence-corrected chi connectivity index (χ2v) is 7.17. The van der Waals surface area contributed by atoms with Crippen molar-refractivity contribution in [2.45, 2.75) is 18.4 Å². The summed E-state index contributed by atoms with van der Waals surface area (Å²) < 4.78 is 27.6. The van der Waals surface area contributed by atoms with E-state index in [0.717, 1.165) is 6.54 Å². The molecule has 0 radical (unpaired) electrons. The number of hydrogen-bond acceptors (Lipinski definition) is 6. The predicted molar refractivity (Wildman–Crippen MR) is 83.2 cm³/mol. The molecule has 1 aromatic heterocycles. The van der Waals surface area contributed by atoms with E-state index < -0.39 is 10.0 Å². The highest BCUT2D eigenvalue weighted by molar-refractivity contribution is 7.89. The van der Waals surface area contributed by atoms with E-state index in [-0.39, 0.29) is 11.4 Å². The van der Waals surface area contributed by atoms with Gasteiger partial charge >= 0.3 is 0 Å². The summed E-state index contributed by atoms with van der Waals surface area (Å²) in [4.78, 5) is 2.16. The lowest BCUT2D eigenvalue weighted by atomic mass is 10.2. The molecule has 0 saturated carbocycles. The molecule has 0 saturated heterocycles. The summed E-state index contributed by atoms with van der Waals surface area (Å²) in [6.45, 7) is 3.03. The zero-order valence-electron chi connectivity index (χ0n) is 13.1. The van der Waals surface area contributed by atoms with Crippen molar-refractivity contribution in [3.05, 3.63) is 29.8 Å². The molecule has 0 amide bonds. The molecule has 0 atom stereocenters. The van der Waals surface area contributed by atoms with Gasteiger partial charge in [0.05, 0.1) is 11.4 Å². The van der Waals surface area contributed by atoms with Crippen molar-refractivity contribution in [1.82, 2.24) is 24.5 Å². The maximum absolute atomic E-state index is 12.4. The van der Waals surface area contributed by atoms with Gasteiger partial charge in [0.1, 0.15) is 0 Å². The van der Waals surface area contributed by atoms with Crippen molar-refractivity contribution in [1.29, 1.82) is 0 Å². The number of benzene rings is 1. The summed E-state index contributed by atoms with van der Waals surface area (Å²) in [6, 6.07) is 6.88. The van der Waals surface area contributed by atoms with E-state index in [1.165, 1.54) is 18.4 Å². The van der Waals surface area contributed by atoms with E-state index in [9.17, 15) is 8.42 Å². The molecular formula is C13H20N6O2S. The number of aromatic nitrogens is 4. The van der Waals surface area contributed by atoms with Gasteiger partial charge in [-0.2, -0.15) is 0 Å². The summed E-state index contributed by atoms with van der Waals surface area (Å²) in [5, 5.41) is 11.6. The third-order valence-electron chi connectivity index (χ3n) is 3.38. The Hall–Kier alpha value is -2.00. The maximum Gasteiger partial charge on any atom is 0.245 e. The average Bonchev–Trinajstić information content (AvgIpc) is 2.95. The number of nitrogens with zero attached hydrogens (tertiary/aromatic N) is 6. The molecule has 0 bridgehead atoms. The van der Waals surface area contributed by atoms with Crippen molar-refractivity contribution < 1.29 is 8.42 Å². The fourth-order valence-electron chi connectivity index (χ4n) is 1.96. The first kappa shape index (κ1) is 16.4. The monoisotopic (exact) mass is 324 g/mol. The molecule has 1 heterocycles. The molecule has 0 aliphatic carbocycles. The molecule has 0 aliphatic rings. The quantitative estimate of drug-likeness (QED) is 0.766. The predicted octanol–water partition coefficient (Wildman–Crippen LogP) is 0.428. The molecule has 9 heteroatoms. The minimum absolute atomic E-state index is 0.264. The van der Waals surface area contributed by atoms with E-state index in [1.807, 2.05) is 18.9 Å². The second kappa shape index (κ2) is 6.41. The highest BCUT2D eigenvalue weighted by atomic mass is 32.2. The van der Waals surface area contributed by atoms with Gasteiger partial charge in [0.15, 0.2) is 0 Å². The molecule has 0 N–H and O–H groups in total. The third-order valence-corrected chi connectivity index (χ3v) is 5.30. The molecule has 2 aromatic rings. The number of hydrogen-bond donors (Lipinski definition) is 0. The van der Waals surface area contributed by atoms with E-state index >= 15 is 0 Å². The number of tetrazole rings is 1. The molecule has 0 unspecified atom stereocenters. The van der Waals surface area contributed by atoms with Crippen LogP contribution in [0, 0.1) is 0 Å². The van der Waals surface area contributed by atoms with Crippen LogP contribution in [0.25, 0.3) is 0 Å². The standard InChI is InChI=1S/C13H20N6O2S/c1-5-18(4)13-14-15-16-19(13)10-11-8-6-7-9-12(11)22(20,21)17(2)3/h6-9H,5,10H2,1-4H3. The van der Waals surface area contributed by atoms with Crippen LogP contribution in [0.15, 0.2) is 29.2 Å². The number of sulfonamides is 1. The third kappa shape index (κ3) is 3.09. The molecule has 8 nitrogen and oxygen atoms in total. The van der Waals surface area contributed by atoms with Crippen LogP contribution in [0.1, 0.15) is 12.5 Å². The Kier molecular flexibility index (Phi) is 4.77. The summed E-state index contributed by atoms with van der Waals surface area (Å²) in [6.07, 6.45) is 0. The van der Waals surface area contributed by atoms with Crippen molar-refractivity contribution in [3.8, 4) is 0 Å².